The third-order valence-electron chi connectivity index (χ3n) is 4.60. The van der Waals surface area contributed by atoms with Gasteiger partial charge in [0.15, 0.2) is 5.82 Å². The monoisotopic (exact) mass is 393 g/mol. The van der Waals surface area contributed by atoms with E-state index in [0.717, 1.165) is 18.4 Å². The molecular weight excluding hydrogens is 370 g/mol. The molecule has 2 aromatic heterocycles. The molecule has 2 heterocycles. The fraction of sp³-hybridized carbons (Fsp3) is 0.556. The molecule has 27 heavy (non-hydrogen) atoms. The summed E-state index contributed by atoms with van der Waals surface area (Å²) in [7, 11) is 3.09. The first-order chi connectivity index (χ1) is 12.9. The van der Waals surface area contributed by atoms with E-state index < -0.39 is 11.9 Å². The molecule has 1 aliphatic carbocycles. The number of carbonyl (C=O) groups is 2. The topological polar surface area (TPSA) is 102 Å². The number of ether oxygens (including phenoxy) is 2. The van der Waals surface area contributed by atoms with E-state index in [0.29, 0.717) is 26.8 Å². The van der Waals surface area contributed by atoms with Gasteiger partial charge in [0.1, 0.15) is 11.4 Å². The minimum Gasteiger partial charge on any atom is -0.481 e. The fourth-order valence-corrected chi connectivity index (χ4v) is 4.12. The average Bonchev–Trinajstić information content (AvgIpc) is 3.42. The third-order valence-corrected chi connectivity index (χ3v) is 5.78. The van der Waals surface area contributed by atoms with Crippen LogP contribution < -0.4 is 4.74 Å². The summed E-state index contributed by atoms with van der Waals surface area (Å²) in [5.74, 6) is -0.774. The van der Waals surface area contributed by atoms with E-state index in [4.69, 9.17) is 9.47 Å². The van der Waals surface area contributed by atoms with Gasteiger partial charge in [-0.25, -0.2) is 4.98 Å². The molecule has 0 spiro atoms. The van der Waals surface area contributed by atoms with Crippen molar-refractivity contribution in [1.82, 2.24) is 14.9 Å². The van der Waals surface area contributed by atoms with Gasteiger partial charge in [-0.2, -0.15) is 4.98 Å². The van der Waals surface area contributed by atoms with E-state index in [1.807, 2.05) is 6.92 Å². The van der Waals surface area contributed by atoms with Gasteiger partial charge < -0.3 is 19.5 Å². The van der Waals surface area contributed by atoms with Crippen LogP contribution in [0.2, 0.25) is 0 Å². The van der Waals surface area contributed by atoms with Crippen molar-refractivity contribution in [2.75, 3.05) is 20.8 Å². The normalized spacial score (nSPS) is 15.0. The van der Waals surface area contributed by atoms with Crippen molar-refractivity contribution in [2.24, 2.45) is 5.92 Å². The minimum absolute atomic E-state index is 0.112. The average molecular weight is 393 g/mol. The van der Waals surface area contributed by atoms with Crippen molar-refractivity contribution >= 4 is 33.4 Å². The highest BCUT2D eigenvalue weighted by molar-refractivity contribution is 7.20. The lowest BCUT2D eigenvalue weighted by Crippen LogP contribution is -2.38. The Bertz CT molecular complexity index is 877. The number of hydrogen-bond acceptors (Lipinski definition) is 7. The van der Waals surface area contributed by atoms with Crippen LogP contribution in [-0.4, -0.2) is 58.7 Å². The van der Waals surface area contributed by atoms with E-state index >= 15 is 0 Å². The van der Waals surface area contributed by atoms with Gasteiger partial charge in [-0.15, -0.1) is 11.3 Å². The van der Waals surface area contributed by atoms with Crippen LogP contribution in [0.15, 0.2) is 0 Å². The molecule has 0 saturated heterocycles. The number of methoxy groups -OCH3 is 2. The number of thiophene rings is 1. The summed E-state index contributed by atoms with van der Waals surface area (Å²) < 4.78 is 10.5. The summed E-state index contributed by atoms with van der Waals surface area (Å²) in [6.45, 7) is 3.91. The Hall–Kier alpha value is -2.26. The number of amides is 1. The third kappa shape index (κ3) is 3.89. The zero-order valence-electron chi connectivity index (χ0n) is 15.8. The molecule has 1 amide bonds. The molecule has 1 aliphatic rings. The zero-order chi connectivity index (χ0) is 19.7. The molecular formula is C18H23N3O5S. The van der Waals surface area contributed by atoms with Gasteiger partial charge >= 0.3 is 5.97 Å². The van der Waals surface area contributed by atoms with Crippen molar-refractivity contribution in [3.8, 4) is 5.88 Å². The van der Waals surface area contributed by atoms with Crippen molar-refractivity contribution < 1.29 is 24.2 Å². The Morgan fingerprint density at radius 3 is 2.59 bits per heavy atom. The first kappa shape index (κ1) is 19.5. The van der Waals surface area contributed by atoms with Crippen LogP contribution in [-0.2, 0) is 16.1 Å². The first-order valence-corrected chi connectivity index (χ1v) is 9.55. The molecule has 3 rings (SSSR count). The SMILES string of the molecule is COCc1nc(OC)c2c(C)c(C(=O)N(CC(C)C(=O)O)C3CC3)sc2n1. The molecule has 0 radical (unpaired) electrons. The second-order valence-electron chi connectivity index (χ2n) is 6.75. The molecule has 2 aromatic rings. The lowest BCUT2D eigenvalue weighted by molar-refractivity contribution is -0.141. The van der Waals surface area contributed by atoms with E-state index in [1.165, 1.54) is 18.4 Å². The van der Waals surface area contributed by atoms with E-state index in [1.54, 1.807) is 18.9 Å². The maximum Gasteiger partial charge on any atom is 0.308 e. The highest BCUT2D eigenvalue weighted by atomic mass is 32.1. The van der Waals surface area contributed by atoms with Gasteiger partial charge in [0, 0.05) is 19.7 Å². The predicted molar refractivity (Wildman–Crippen MR) is 100 cm³/mol. The fourth-order valence-electron chi connectivity index (χ4n) is 2.98. The summed E-state index contributed by atoms with van der Waals surface area (Å²) in [4.78, 5) is 36.2. The number of fused-ring (bicyclic) bond motifs is 1. The summed E-state index contributed by atoms with van der Waals surface area (Å²) >= 11 is 1.29. The molecule has 1 atom stereocenters. The summed E-state index contributed by atoms with van der Waals surface area (Å²) in [6, 6.07) is 0.112. The van der Waals surface area contributed by atoms with Crippen molar-refractivity contribution in [3.63, 3.8) is 0 Å². The maximum atomic E-state index is 13.2. The Morgan fingerprint density at radius 2 is 2.04 bits per heavy atom. The zero-order valence-corrected chi connectivity index (χ0v) is 16.6. The van der Waals surface area contributed by atoms with Gasteiger partial charge in [-0.05, 0) is 25.3 Å². The van der Waals surface area contributed by atoms with Crippen LogP contribution in [0.3, 0.4) is 0 Å². The lowest BCUT2D eigenvalue weighted by Gasteiger charge is -2.24. The van der Waals surface area contributed by atoms with Crippen molar-refractivity contribution in [2.45, 2.75) is 39.3 Å². The molecule has 1 N–H and O–H groups in total. The van der Waals surface area contributed by atoms with Gasteiger partial charge in [-0.1, -0.05) is 6.92 Å². The summed E-state index contributed by atoms with van der Waals surface area (Å²) in [5, 5.41) is 9.94. The maximum absolute atomic E-state index is 13.2. The largest absolute Gasteiger partial charge is 0.481 e. The number of carboxylic acids is 1. The lowest BCUT2D eigenvalue weighted by atomic mass is 10.1. The van der Waals surface area contributed by atoms with Gasteiger partial charge in [0.25, 0.3) is 5.91 Å². The Labute approximate surface area is 161 Å². The highest BCUT2D eigenvalue weighted by Gasteiger charge is 2.36. The van der Waals surface area contributed by atoms with E-state index in [-0.39, 0.29) is 25.1 Å². The number of nitrogens with zero attached hydrogens (tertiary/aromatic N) is 3. The van der Waals surface area contributed by atoms with Crippen molar-refractivity contribution in [3.05, 3.63) is 16.3 Å². The highest BCUT2D eigenvalue weighted by Crippen LogP contribution is 2.37. The van der Waals surface area contributed by atoms with Gasteiger partial charge in [0.05, 0.1) is 23.3 Å². The number of aromatic nitrogens is 2. The molecule has 1 fully saturated rings. The molecule has 1 saturated carbocycles. The number of carboxylic acid groups (broad SMARTS) is 1. The quantitative estimate of drug-likeness (QED) is 0.735. The first-order valence-electron chi connectivity index (χ1n) is 8.74. The van der Waals surface area contributed by atoms with Crippen molar-refractivity contribution in [1.29, 1.82) is 0 Å². The Kier molecular flexibility index (Phi) is 5.61. The molecule has 0 bridgehead atoms. The number of aliphatic carboxylic acids is 1. The van der Waals surface area contributed by atoms with Crippen LogP contribution in [0, 0.1) is 12.8 Å². The standard InChI is InChI=1S/C18H23N3O5S/c1-9(18(23)24)7-21(11-5-6-11)17(22)14-10(2)13-15(26-4)19-12(8-25-3)20-16(13)27-14/h9,11H,5-8H2,1-4H3,(H,23,24). The number of rotatable bonds is 8. The summed E-state index contributed by atoms with van der Waals surface area (Å²) in [5.41, 5.74) is 0.759. The number of aryl methyl sites for hydroxylation is 1. The molecule has 0 aliphatic heterocycles. The second-order valence-corrected chi connectivity index (χ2v) is 7.75. The minimum atomic E-state index is -0.904. The van der Waals surface area contributed by atoms with Gasteiger partial charge in [-0.3, -0.25) is 9.59 Å². The number of hydrogen-bond donors (Lipinski definition) is 1. The Morgan fingerprint density at radius 1 is 1.33 bits per heavy atom. The van der Waals surface area contributed by atoms with Crippen LogP contribution in [0.1, 0.15) is 40.8 Å². The summed E-state index contributed by atoms with van der Waals surface area (Å²) in [6.07, 6.45) is 1.81. The van der Waals surface area contributed by atoms with Crippen LogP contribution in [0.25, 0.3) is 10.2 Å². The van der Waals surface area contributed by atoms with Crippen LogP contribution in [0.5, 0.6) is 5.88 Å². The Balaban J connectivity index is 2.00. The van der Waals surface area contributed by atoms with Gasteiger partial charge in [0.2, 0.25) is 5.88 Å². The molecule has 8 nitrogen and oxygen atoms in total. The molecule has 146 valence electrons. The smallest absolute Gasteiger partial charge is 0.308 e. The van der Waals surface area contributed by atoms with E-state index in [2.05, 4.69) is 9.97 Å². The predicted octanol–water partition coefficient (Wildman–Crippen LogP) is 2.48. The van der Waals surface area contributed by atoms with Crippen LogP contribution in [0.4, 0.5) is 0 Å². The molecule has 9 heteroatoms. The number of carbonyl (C=O) groups excluding carboxylic acids is 1. The second kappa shape index (κ2) is 7.77. The molecule has 0 aromatic carbocycles. The molecule has 1 unspecified atom stereocenters. The van der Waals surface area contributed by atoms with E-state index in [9.17, 15) is 14.7 Å². The van der Waals surface area contributed by atoms with Crippen LogP contribution >= 0.6 is 11.3 Å².